The molecule has 1 atom stereocenters. The van der Waals surface area contributed by atoms with Crippen molar-refractivity contribution in [3.8, 4) is 0 Å². The summed E-state index contributed by atoms with van der Waals surface area (Å²) in [4.78, 5) is 25.5. The Morgan fingerprint density at radius 1 is 1.21 bits per heavy atom. The van der Waals surface area contributed by atoms with Crippen LogP contribution < -0.4 is 4.90 Å². The zero-order chi connectivity index (χ0) is 16.4. The van der Waals surface area contributed by atoms with E-state index in [2.05, 4.69) is 14.9 Å². The normalized spacial score (nSPS) is 21.2. The van der Waals surface area contributed by atoms with Crippen LogP contribution in [0.25, 0.3) is 0 Å². The average molecular weight is 328 g/mol. The summed E-state index contributed by atoms with van der Waals surface area (Å²) >= 11 is 0. The van der Waals surface area contributed by atoms with Gasteiger partial charge in [-0.3, -0.25) is 4.79 Å². The molecule has 0 aliphatic carbocycles. The van der Waals surface area contributed by atoms with E-state index in [9.17, 15) is 4.79 Å². The third kappa shape index (κ3) is 2.99. The molecule has 0 saturated carbocycles. The van der Waals surface area contributed by atoms with E-state index < -0.39 is 0 Å². The second-order valence-corrected chi connectivity index (χ2v) is 6.10. The van der Waals surface area contributed by atoms with Crippen LogP contribution in [-0.2, 0) is 4.74 Å². The lowest BCUT2D eigenvalue weighted by atomic mass is 10.2. The highest BCUT2D eigenvalue weighted by Gasteiger charge is 2.28. The zero-order valence-electron chi connectivity index (χ0n) is 13.4. The first-order valence-electron chi connectivity index (χ1n) is 8.32. The molecule has 2 fully saturated rings. The Hall–Kier alpha value is -2.41. The lowest BCUT2D eigenvalue weighted by molar-refractivity contribution is -0.0247. The van der Waals surface area contributed by atoms with Gasteiger partial charge in [0.15, 0.2) is 0 Å². The van der Waals surface area contributed by atoms with E-state index in [4.69, 9.17) is 9.15 Å². The van der Waals surface area contributed by atoms with Crippen LogP contribution in [0.5, 0.6) is 0 Å². The number of ether oxygens (including phenoxy) is 1. The highest BCUT2D eigenvalue weighted by atomic mass is 16.5. The van der Waals surface area contributed by atoms with Crippen LogP contribution in [0.4, 0.5) is 5.95 Å². The first kappa shape index (κ1) is 15.1. The second kappa shape index (κ2) is 6.60. The number of hydrogen-bond donors (Lipinski definition) is 0. The van der Waals surface area contributed by atoms with Gasteiger partial charge in [0.2, 0.25) is 5.95 Å². The van der Waals surface area contributed by atoms with Crippen molar-refractivity contribution in [2.45, 2.75) is 18.9 Å². The molecule has 4 heterocycles. The number of furan rings is 1. The molecule has 0 spiro atoms. The van der Waals surface area contributed by atoms with Crippen molar-refractivity contribution >= 4 is 11.9 Å². The Morgan fingerprint density at radius 3 is 2.88 bits per heavy atom. The number of carbonyl (C=O) groups is 1. The van der Waals surface area contributed by atoms with E-state index in [1.807, 2.05) is 6.07 Å². The fourth-order valence-electron chi connectivity index (χ4n) is 3.19. The van der Waals surface area contributed by atoms with Crippen LogP contribution >= 0.6 is 0 Å². The summed E-state index contributed by atoms with van der Waals surface area (Å²) < 4.78 is 10.9. The minimum absolute atomic E-state index is 0.0362. The molecule has 0 radical (unpaired) electrons. The van der Waals surface area contributed by atoms with E-state index in [-0.39, 0.29) is 12.0 Å². The summed E-state index contributed by atoms with van der Waals surface area (Å²) in [6, 6.07) is 3.55. The number of anilines is 1. The van der Waals surface area contributed by atoms with Gasteiger partial charge in [0.05, 0.1) is 30.7 Å². The van der Waals surface area contributed by atoms with Crippen molar-refractivity contribution < 1.29 is 13.9 Å². The highest BCUT2D eigenvalue weighted by molar-refractivity contribution is 5.93. The summed E-state index contributed by atoms with van der Waals surface area (Å²) in [6.45, 7) is 3.56. The minimum Gasteiger partial charge on any atom is -0.472 e. The van der Waals surface area contributed by atoms with Gasteiger partial charge in [0.1, 0.15) is 12.4 Å². The number of nitrogens with zero attached hydrogens (tertiary/aromatic N) is 4. The standard InChI is InChI=1S/C17H20N4O3/c22-16(13-4-9-23-12-13)21-8-10-24-15(11-21)14-3-5-18-17(19-14)20-6-1-2-7-20/h3-5,9,12,15H,1-2,6-8,10-11H2/t15-/m1/s1. The van der Waals surface area contributed by atoms with Gasteiger partial charge in [0, 0.05) is 25.8 Å². The smallest absolute Gasteiger partial charge is 0.257 e. The quantitative estimate of drug-likeness (QED) is 0.857. The Bertz CT molecular complexity index is 698. The molecule has 24 heavy (non-hydrogen) atoms. The van der Waals surface area contributed by atoms with Gasteiger partial charge in [-0.05, 0) is 25.0 Å². The average Bonchev–Trinajstić information content (AvgIpc) is 3.35. The molecule has 2 saturated heterocycles. The van der Waals surface area contributed by atoms with E-state index in [1.54, 1.807) is 17.2 Å². The predicted octanol–water partition coefficient (Wildman–Crippen LogP) is 1.88. The second-order valence-electron chi connectivity index (χ2n) is 6.10. The first-order valence-corrected chi connectivity index (χ1v) is 8.32. The third-order valence-electron chi connectivity index (χ3n) is 4.50. The number of morpholine rings is 1. The lowest BCUT2D eigenvalue weighted by Gasteiger charge is -2.32. The summed E-state index contributed by atoms with van der Waals surface area (Å²) in [5.74, 6) is 0.720. The van der Waals surface area contributed by atoms with Crippen molar-refractivity contribution in [2.75, 3.05) is 37.7 Å². The van der Waals surface area contributed by atoms with Crippen molar-refractivity contribution in [3.05, 3.63) is 42.1 Å². The van der Waals surface area contributed by atoms with Crippen LogP contribution in [-0.4, -0.2) is 53.6 Å². The maximum Gasteiger partial charge on any atom is 0.257 e. The maximum atomic E-state index is 12.5. The number of carbonyl (C=O) groups excluding carboxylic acids is 1. The van der Waals surface area contributed by atoms with E-state index in [0.29, 0.717) is 25.3 Å². The third-order valence-corrected chi connectivity index (χ3v) is 4.50. The van der Waals surface area contributed by atoms with Crippen LogP contribution in [0.2, 0.25) is 0 Å². The summed E-state index contributed by atoms with van der Waals surface area (Å²) in [5.41, 5.74) is 1.40. The van der Waals surface area contributed by atoms with Crippen molar-refractivity contribution in [3.63, 3.8) is 0 Å². The van der Waals surface area contributed by atoms with Crippen LogP contribution in [0.15, 0.2) is 35.3 Å². The van der Waals surface area contributed by atoms with Gasteiger partial charge in [-0.25, -0.2) is 9.97 Å². The Kier molecular flexibility index (Phi) is 4.17. The first-order chi connectivity index (χ1) is 11.8. The van der Waals surface area contributed by atoms with Gasteiger partial charge < -0.3 is 19.0 Å². The SMILES string of the molecule is O=C(c1ccoc1)N1CCO[C@@H](c2ccnc(N3CCCC3)n2)C1. The molecule has 1 amide bonds. The molecule has 7 heteroatoms. The molecular formula is C17H20N4O3. The molecule has 0 unspecified atom stereocenters. The minimum atomic E-state index is -0.223. The van der Waals surface area contributed by atoms with E-state index >= 15 is 0 Å². The van der Waals surface area contributed by atoms with Gasteiger partial charge >= 0.3 is 0 Å². The molecule has 2 aliphatic rings. The Morgan fingerprint density at radius 2 is 2.08 bits per heavy atom. The lowest BCUT2D eigenvalue weighted by Crippen LogP contribution is -2.42. The van der Waals surface area contributed by atoms with Crippen molar-refractivity contribution in [2.24, 2.45) is 0 Å². The van der Waals surface area contributed by atoms with E-state index in [1.165, 1.54) is 25.4 Å². The molecular weight excluding hydrogens is 308 g/mol. The number of rotatable bonds is 3. The highest BCUT2D eigenvalue weighted by Crippen LogP contribution is 2.24. The number of aromatic nitrogens is 2. The van der Waals surface area contributed by atoms with Crippen molar-refractivity contribution in [1.82, 2.24) is 14.9 Å². The van der Waals surface area contributed by atoms with Gasteiger partial charge in [-0.15, -0.1) is 0 Å². The molecule has 2 aromatic rings. The van der Waals surface area contributed by atoms with Gasteiger partial charge in [-0.2, -0.15) is 0 Å². The molecule has 2 aromatic heterocycles. The Balaban J connectivity index is 1.49. The number of hydrogen-bond acceptors (Lipinski definition) is 6. The zero-order valence-corrected chi connectivity index (χ0v) is 13.4. The molecule has 0 bridgehead atoms. The molecule has 4 rings (SSSR count). The fourth-order valence-corrected chi connectivity index (χ4v) is 3.19. The Labute approximate surface area is 140 Å². The molecule has 0 N–H and O–H groups in total. The topological polar surface area (TPSA) is 71.7 Å². The monoisotopic (exact) mass is 328 g/mol. The van der Waals surface area contributed by atoms with Gasteiger partial charge in [0.25, 0.3) is 5.91 Å². The fraction of sp³-hybridized carbons (Fsp3) is 0.471. The van der Waals surface area contributed by atoms with Crippen molar-refractivity contribution in [1.29, 1.82) is 0 Å². The van der Waals surface area contributed by atoms with E-state index in [0.717, 1.165) is 24.7 Å². The molecule has 7 nitrogen and oxygen atoms in total. The summed E-state index contributed by atoms with van der Waals surface area (Å²) in [6.07, 6.45) is 6.90. The molecule has 2 aliphatic heterocycles. The van der Waals surface area contributed by atoms with Gasteiger partial charge in [-0.1, -0.05) is 0 Å². The van der Waals surface area contributed by atoms with Crippen LogP contribution in [0.1, 0.15) is 35.0 Å². The predicted molar refractivity (Wildman–Crippen MR) is 86.8 cm³/mol. The van der Waals surface area contributed by atoms with Crippen LogP contribution in [0, 0.1) is 0 Å². The summed E-state index contributed by atoms with van der Waals surface area (Å²) in [7, 11) is 0. The number of amides is 1. The molecule has 126 valence electrons. The summed E-state index contributed by atoms with van der Waals surface area (Å²) in [5, 5.41) is 0. The molecule has 0 aromatic carbocycles. The largest absolute Gasteiger partial charge is 0.472 e. The maximum absolute atomic E-state index is 12.5. The van der Waals surface area contributed by atoms with Crippen LogP contribution in [0.3, 0.4) is 0 Å².